The molecule has 1 aromatic carbocycles. The number of halogens is 1. The third kappa shape index (κ3) is 3.30. The highest BCUT2D eigenvalue weighted by atomic mass is 79.9. The number of carbonyl (C=O) groups excluding carboxylic acids is 3. The Morgan fingerprint density at radius 3 is 2.73 bits per heavy atom. The first-order chi connectivity index (χ1) is 12.9. The number of hydrogen-bond donors (Lipinski definition) is 1. The second kappa shape index (κ2) is 7.12. The largest absolute Gasteiger partial charge is 0.322 e. The second-order valence-corrected chi connectivity index (χ2v) is 8.01. The van der Waals surface area contributed by atoms with Crippen LogP contribution in [-0.2, 0) is 22.7 Å². The van der Waals surface area contributed by atoms with Crippen LogP contribution < -0.4 is 5.32 Å². The summed E-state index contributed by atoms with van der Waals surface area (Å²) >= 11 is 3.54. The minimum Gasteiger partial charge on any atom is -0.322 e. The van der Waals surface area contributed by atoms with E-state index in [1.54, 1.807) is 4.90 Å². The van der Waals surface area contributed by atoms with Crippen molar-refractivity contribution in [1.29, 1.82) is 0 Å². The van der Waals surface area contributed by atoms with Crippen molar-refractivity contribution in [3.8, 4) is 0 Å². The highest BCUT2D eigenvalue weighted by Crippen LogP contribution is 2.34. The standard InChI is InChI=1S/C19H22BrN3O3/c20-14-9-12(10-22-6-2-1-3-7-22)8-13-11-23(19(26)17(13)14)15-4-5-16(24)21-18(15)25/h8-9,15H,1-7,10-11H2,(H,21,24,25)/i1D. The van der Waals surface area contributed by atoms with Crippen LogP contribution in [0.5, 0.6) is 0 Å². The first-order valence-electron chi connectivity index (χ1n) is 9.60. The summed E-state index contributed by atoms with van der Waals surface area (Å²) in [5.74, 6) is -0.824. The summed E-state index contributed by atoms with van der Waals surface area (Å²) in [5, 5.41) is 2.33. The van der Waals surface area contributed by atoms with Gasteiger partial charge in [-0.3, -0.25) is 24.6 Å². The third-order valence-electron chi connectivity index (χ3n) is 5.34. The molecule has 0 saturated carbocycles. The van der Waals surface area contributed by atoms with Crippen molar-refractivity contribution in [2.45, 2.75) is 51.2 Å². The van der Waals surface area contributed by atoms with Crippen LogP contribution in [0.3, 0.4) is 0 Å². The van der Waals surface area contributed by atoms with Gasteiger partial charge in [0.1, 0.15) is 6.04 Å². The topological polar surface area (TPSA) is 69.7 Å². The van der Waals surface area contributed by atoms with E-state index in [1.807, 2.05) is 6.07 Å². The van der Waals surface area contributed by atoms with Gasteiger partial charge in [-0.1, -0.05) is 12.5 Å². The van der Waals surface area contributed by atoms with Crippen LogP contribution in [-0.4, -0.2) is 46.7 Å². The Labute approximate surface area is 162 Å². The molecule has 3 aliphatic heterocycles. The summed E-state index contributed by atoms with van der Waals surface area (Å²) < 4.78 is 8.57. The van der Waals surface area contributed by atoms with Crippen molar-refractivity contribution < 1.29 is 15.8 Å². The molecule has 7 heteroatoms. The van der Waals surface area contributed by atoms with Crippen molar-refractivity contribution >= 4 is 33.7 Å². The number of fused-ring (bicyclic) bond motifs is 1. The summed E-state index contributed by atoms with van der Waals surface area (Å²) in [6, 6.07) is 3.45. The molecular weight excluding hydrogens is 398 g/mol. The number of carbonyl (C=O) groups is 3. The van der Waals surface area contributed by atoms with Gasteiger partial charge in [-0.25, -0.2) is 0 Å². The van der Waals surface area contributed by atoms with Crippen molar-refractivity contribution in [1.82, 2.24) is 15.1 Å². The van der Waals surface area contributed by atoms with Crippen molar-refractivity contribution in [2.75, 3.05) is 13.1 Å². The molecule has 1 aromatic rings. The Kier molecular flexibility index (Phi) is 4.50. The first-order valence-corrected chi connectivity index (χ1v) is 9.82. The smallest absolute Gasteiger partial charge is 0.256 e. The number of likely N-dealkylation sites (tertiary alicyclic amines) is 1. The molecule has 3 amide bonds. The molecule has 138 valence electrons. The summed E-state index contributed by atoms with van der Waals surface area (Å²) in [4.78, 5) is 40.4. The number of rotatable bonds is 3. The maximum atomic E-state index is 12.9. The average Bonchev–Trinajstić information content (AvgIpc) is 2.94. The molecule has 1 unspecified atom stereocenters. The lowest BCUT2D eigenvalue weighted by Crippen LogP contribution is -2.52. The Morgan fingerprint density at radius 2 is 2.00 bits per heavy atom. The lowest BCUT2D eigenvalue weighted by molar-refractivity contribution is -0.136. The van der Waals surface area contributed by atoms with Crippen molar-refractivity contribution in [3.05, 3.63) is 33.3 Å². The third-order valence-corrected chi connectivity index (χ3v) is 5.96. The van der Waals surface area contributed by atoms with E-state index in [2.05, 4.69) is 32.2 Å². The summed E-state index contributed by atoms with van der Waals surface area (Å²) in [6.45, 7) is 3.03. The molecule has 3 heterocycles. The van der Waals surface area contributed by atoms with Crippen LogP contribution in [0.4, 0.5) is 0 Å². The average molecular weight is 421 g/mol. The van der Waals surface area contributed by atoms with Gasteiger partial charge in [-0.15, -0.1) is 0 Å². The van der Waals surface area contributed by atoms with Gasteiger partial charge < -0.3 is 4.90 Å². The predicted molar refractivity (Wildman–Crippen MR) is 99.3 cm³/mol. The first kappa shape index (κ1) is 16.4. The van der Waals surface area contributed by atoms with Gasteiger partial charge in [0, 0.05) is 25.4 Å². The van der Waals surface area contributed by atoms with E-state index < -0.39 is 6.04 Å². The van der Waals surface area contributed by atoms with Crippen LogP contribution in [0.2, 0.25) is 0 Å². The number of imide groups is 1. The van der Waals surface area contributed by atoms with E-state index in [-0.39, 0.29) is 30.5 Å². The SMILES string of the molecule is [2H]C1CCN(Cc2cc(Br)c3c(c2)CN(C2CCC(=O)NC2=O)C3=O)CC1. The number of nitrogens with one attached hydrogen (secondary N) is 1. The van der Waals surface area contributed by atoms with Crippen LogP contribution in [0.25, 0.3) is 0 Å². The van der Waals surface area contributed by atoms with E-state index >= 15 is 0 Å². The van der Waals surface area contributed by atoms with Gasteiger partial charge >= 0.3 is 0 Å². The monoisotopic (exact) mass is 420 g/mol. The fourth-order valence-corrected chi connectivity index (χ4v) is 4.75. The zero-order valence-corrected chi connectivity index (χ0v) is 16.0. The molecule has 1 atom stereocenters. The van der Waals surface area contributed by atoms with Crippen molar-refractivity contribution in [3.63, 3.8) is 0 Å². The normalized spacial score (nSPS) is 25.3. The number of hydrogen-bond acceptors (Lipinski definition) is 4. The summed E-state index contributed by atoms with van der Waals surface area (Å²) in [7, 11) is 0. The molecule has 0 spiro atoms. The zero-order chi connectivity index (χ0) is 19.1. The number of nitrogens with zero attached hydrogens (tertiary/aromatic N) is 2. The summed E-state index contributed by atoms with van der Waals surface area (Å²) in [6.07, 6.45) is 2.47. The Bertz CT molecular complexity index is 808. The molecule has 26 heavy (non-hydrogen) atoms. The number of piperidine rings is 2. The molecular formula is C19H22BrN3O3. The molecule has 0 radical (unpaired) electrons. The molecule has 2 saturated heterocycles. The van der Waals surface area contributed by atoms with E-state index in [0.29, 0.717) is 18.5 Å². The van der Waals surface area contributed by atoms with Crippen LogP contribution in [0, 0.1) is 0 Å². The molecule has 0 aliphatic carbocycles. The highest BCUT2D eigenvalue weighted by Gasteiger charge is 2.40. The van der Waals surface area contributed by atoms with Gasteiger partial charge in [0.05, 0.1) is 5.56 Å². The van der Waals surface area contributed by atoms with Crippen LogP contribution >= 0.6 is 15.9 Å². The van der Waals surface area contributed by atoms with Gasteiger partial charge in [-0.05, 0) is 65.5 Å². The highest BCUT2D eigenvalue weighted by molar-refractivity contribution is 9.10. The Hall–Kier alpha value is -1.73. The lowest BCUT2D eigenvalue weighted by Gasteiger charge is -2.29. The molecule has 4 rings (SSSR count). The molecule has 2 fully saturated rings. The van der Waals surface area contributed by atoms with Crippen LogP contribution in [0.1, 0.15) is 54.9 Å². The van der Waals surface area contributed by atoms with Gasteiger partial charge in [0.15, 0.2) is 0 Å². The molecule has 0 aromatic heterocycles. The molecule has 3 aliphatic rings. The van der Waals surface area contributed by atoms with E-state index in [9.17, 15) is 14.4 Å². The zero-order valence-electron chi connectivity index (χ0n) is 15.5. The van der Waals surface area contributed by atoms with E-state index in [0.717, 1.165) is 48.1 Å². The van der Waals surface area contributed by atoms with Crippen molar-refractivity contribution in [2.24, 2.45) is 0 Å². The maximum Gasteiger partial charge on any atom is 0.256 e. The lowest BCUT2D eigenvalue weighted by atomic mass is 10.0. The Morgan fingerprint density at radius 1 is 1.23 bits per heavy atom. The minimum atomic E-state index is -0.589. The maximum absolute atomic E-state index is 12.9. The fraction of sp³-hybridized carbons (Fsp3) is 0.526. The summed E-state index contributed by atoms with van der Waals surface area (Å²) in [5.41, 5.74) is 2.67. The van der Waals surface area contributed by atoms with E-state index in [4.69, 9.17) is 1.37 Å². The van der Waals surface area contributed by atoms with Crippen LogP contribution in [0.15, 0.2) is 16.6 Å². The van der Waals surface area contributed by atoms with Gasteiger partial charge in [0.25, 0.3) is 5.91 Å². The molecule has 1 N–H and O–H groups in total. The number of amides is 3. The fourth-order valence-electron chi connectivity index (χ4n) is 4.03. The Balaban J connectivity index is 1.52. The predicted octanol–water partition coefficient (Wildman–Crippen LogP) is 2.20. The van der Waals surface area contributed by atoms with E-state index in [1.165, 1.54) is 0 Å². The number of benzene rings is 1. The van der Waals surface area contributed by atoms with Gasteiger partial charge in [-0.2, -0.15) is 0 Å². The van der Waals surface area contributed by atoms with Gasteiger partial charge in [0.2, 0.25) is 11.8 Å². The molecule has 0 bridgehead atoms. The second-order valence-electron chi connectivity index (χ2n) is 7.15. The molecule has 6 nitrogen and oxygen atoms in total. The quantitative estimate of drug-likeness (QED) is 0.760. The minimum absolute atomic E-state index is 0.0488.